The lowest BCUT2D eigenvalue weighted by Crippen LogP contribution is -2.32. The SMILES string of the molecule is O=C(O)CCC(=O)NCCC1CN=CN1. The van der Waals surface area contributed by atoms with Crippen molar-refractivity contribution in [1.82, 2.24) is 10.6 Å². The van der Waals surface area contributed by atoms with Crippen molar-refractivity contribution in [3.05, 3.63) is 0 Å². The molecule has 1 aliphatic rings. The molecule has 6 heteroatoms. The third-order valence-electron chi connectivity index (χ3n) is 2.11. The molecular formula is C9H15N3O3. The summed E-state index contributed by atoms with van der Waals surface area (Å²) in [6, 6.07) is 0.296. The van der Waals surface area contributed by atoms with Crippen molar-refractivity contribution >= 4 is 18.2 Å². The van der Waals surface area contributed by atoms with Crippen LogP contribution in [0.5, 0.6) is 0 Å². The fourth-order valence-electron chi connectivity index (χ4n) is 1.26. The molecule has 1 amide bonds. The van der Waals surface area contributed by atoms with E-state index in [9.17, 15) is 9.59 Å². The predicted octanol–water partition coefficient (Wildman–Crippen LogP) is -0.642. The Balaban J connectivity index is 1.99. The Labute approximate surface area is 87.8 Å². The van der Waals surface area contributed by atoms with E-state index in [2.05, 4.69) is 15.6 Å². The van der Waals surface area contributed by atoms with Crippen molar-refractivity contribution in [3.63, 3.8) is 0 Å². The molecule has 1 heterocycles. The number of amides is 1. The van der Waals surface area contributed by atoms with E-state index < -0.39 is 5.97 Å². The van der Waals surface area contributed by atoms with Gasteiger partial charge in [0.15, 0.2) is 0 Å². The molecule has 0 aromatic carbocycles. The van der Waals surface area contributed by atoms with Crippen LogP contribution in [0.2, 0.25) is 0 Å². The van der Waals surface area contributed by atoms with Crippen LogP contribution in [0.4, 0.5) is 0 Å². The van der Waals surface area contributed by atoms with Crippen LogP contribution in [0.1, 0.15) is 19.3 Å². The van der Waals surface area contributed by atoms with E-state index in [0.29, 0.717) is 12.6 Å². The third-order valence-corrected chi connectivity index (χ3v) is 2.11. The molecular weight excluding hydrogens is 198 g/mol. The summed E-state index contributed by atoms with van der Waals surface area (Å²) in [4.78, 5) is 25.3. The van der Waals surface area contributed by atoms with Crippen LogP contribution in [0.15, 0.2) is 4.99 Å². The summed E-state index contributed by atoms with van der Waals surface area (Å²) < 4.78 is 0. The van der Waals surface area contributed by atoms with Crippen molar-refractivity contribution in [3.8, 4) is 0 Å². The van der Waals surface area contributed by atoms with Gasteiger partial charge in [0.25, 0.3) is 0 Å². The zero-order valence-electron chi connectivity index (χ0n) is 8.40. The van der Waals surface area contributed by atoms with E-state index >= 15 is 0 Å². The van der Waals surface area contributed by atoms with Gasteiger partial charge in [-0.3, -0.25) is 14.6 Å². The van der Waals surface area contributed by atoms with Gasteiger partial charge in [-0.1, -0.05) is 0 Å². The summed E-state index contributed by atoms with van der Waals surface area (Å²) in [5, 5.41) is 14.1. The molecule has 1 unspecified atom stereocenters. The number of hydrogen-bond acceptors (Lipinski definition) is 4. The maximum absolute atomic E-state index is 11.1. The minimum atomic E-state index is -0.948. The largest absolute Gasteiger partial charge is 0.481 e. The number of nitrogens with one attached hydrogen (secondary N) is 2. The van der Waals surface area contributed by atoms with Gasteiger partial charge in [0.1, 0.15) is 0 Å². The number of aliphatic carboxylic acids is 1. The smallest absolute Gasteiger partial charge is 0.303 e. The van der Waals surface area contributed by atoms with Gasteiger partial charge in [-0.2, -0.15) is 0 Å². The Bertz CT molecular complexity index is 257. The molecule has 6 nitrogen and oxygen atoms in total. The first-order chi connectivity index (χ1) is 7.18. The predicted molar refractivity (Wildman–Crippen MR) is 54.8 cm³/mol. The molecule has 0 aromatic rings. The summed E-state index contributed by atoms with van der Waals surface area (Å²) in [5.41, 5.74) is 0. The minimum absolute atomic E-state index is 0.0456. The second kappa shape index (κ2) is 6.00. The van der Waals surface area contributed by atoms with Gasteiger partial charge in [-0.25, -0.2) is 0 Å². The number of carbonyl (C=O) groups excluding carboxylic acids is 1. The lowest BCUT2D eigenvalue weighted by molar-refractivity contribution is -0.138. The topological polar surface area (TPSA) is 90.8 Å². The summed E-state index contributed by atoms with van der Waals surface area (Å²) in [6.07, 6.45) is 2.40. The first-order valence-corrected chi connectivity index (χ1v) is 4.91. The molecule has 84 valence electrons. The molecule has 1 aliphatic heterocycles. The molecule has 0 spiro atoms. The number of aliphatic imine (C=N–C) groups is 1. The Morgan fingerprint density at radius 3 is 2.93 bits per heavy atom. The molecule has 1 atom stereocenters. The zero-order valence-corrected chi connectivity index (χ0v) is 8.40. The normalized spacial score (nSPS) is 18.5. The summed E-state index contributed by atoms with van der Waals surface area (Å²) in [5.74, 6) is -1.16. The molecule has 0 aliphatic carbocycles. The highest BCUT2D eigenvalue weighted by Crippen LogP contribution is 1.96. The summed E-state index contributed by atoms with van der Waals surface area (Å²) in [7, 11) is 0. The van der Waals surface area contributed by atoms with Gasteiger partial charge in [0.2, 0.25) is 5.91 Å². The van der Waals surface area contributed by atoms with Gasteiger partial charge in [0.05, 0.1) is 19.3 Å². The molecule has 0 saturated carbocycles. The molecule has 0 radical (unpaired) electrons. The second-order valence-corrected chi connectivity index (χ2v) is 3.39. The molecule has 15 heavy (non-hydrogen) atoms. The maximum Gasteiger partial charge on any atom is 0.303 e. The Hall–Kier alpha value is -1.59. The first-order valence-electron chi connectivity index (χ1n) is 4.91. The molecule has 0 fully saturated rings. The fraction of sp³-hybridized carbons (Fsp3) is 0.667. The highest BCUT2D eigenvalue weighted by Gasteiger charge is 2.10. The van der Waals surface area contributed by atoms with Crippen molar-refractivity contribution in [2.24, 2.45) is 4.99 Å². The van der Waals surface area contributed by atoms with Gasteiger partial charge in [-0.15, -0.1) is 0 Å². The lowest BCUT2D eigenvalue weighted by Gasteiger charge is -2.09. The number of rotatable bonds is 6. The van der Waals surface area contributed by atoms with Gasteiger partial charge in [-0.05, 0) is 6.42 Å². The fourth-order valence-corrected chi connectivity index (χ4v) is 1.26. The second-order valence-electron chi connectivity index (χ2n) is 3.39. The van der Waals surface area contributed by atoms with Crippen LogP contribution in [0.25, 0.3) is 0 Å². The number of hydrogen-bond donors (Lipinski definition) is 3. The van der Waals surface area contributed by atoms with Crippen LogP contribution >= 0.6 is 0 Å². The number of carboxylic acid groups (broad SMARTS) is 1. The van der Waals surface area contributed by atoms with Crippen LogP contribution in [-0.2, 0) is 9.59 Å². The maximum atomic E-state index is 11.1. The average molecular weight is 213 g/mol. The van der Waals surface area contributed by atoms with Crippen LogP contribution in [0.3, 0.4) is 0 Å². The zero-order chi connectivity index (χ0) is 11.1. The molecule has 1 rings (SSSR count). The van der Waals surface area contributed by atoms with Crippen LogP contribution in [-0.4, -0.2) is 42.5 Å². The Morgan fingerprint density at radius 2 is 2.33 bits per heavy atom. The summed E-state index contributed by atoms with van der Waals surface area (Å²) in [6.45, 7) is 1.30. The number of carboxylic acids is 1. The Kier molecular flexibility index (Phi) is 4.59. The van der Waals surface area contributed by atoms with E-state index in [0.717, 1.165) is 13.0 Å². The minimum Gasteiger partial charge on any atom is -0.481 e. The average Bonchev–Trinajstić information content (AvgIpc) is 2.67. The third kappa shape index (κ3) is 4.99. The molecule has 0 bridgehead atoms. The quantitative estimate of drug-likeness (QED) is 0.547. The highest BCUT2D eigenvalue weighted by atomic mass is 16.4. The van der Waals surface area contributed by atoms with Crippen molar-refractivity contribution in [2.75, 3.05) is 13.1 Å². The van der Waals surface area contributed by atoms with Gasteiger partial charge >= 0.3 is 5.97 Å². The van der Waals surface area contributed by atoms with Crippen LogP contribution < -0.4 is 10.6 Å². The van der Waals surface area contributed by atoms with Gasteiger partial charge < -0.3 is 15.7 Å². The molecule has 0 saturated heterocycles. The van der Waals surface area contributed by atoms with Crippen molar-refractivity contribution in [2.45, 2.75) is 25.3 Å². The molecule has 3 N–H and O–H groups in total. The first kappa shape index (κ1) is 11.5. The number of carbonyl (C=O) groups is 2. The Morgan fingerprint density at radius 1 is 1.53 bits per heavy atom. The van der Waals surface area contributed by atoms with Crippen molar-refractivity contribution in [1.29, 1.82) is 0 Å². The van der Waals surface area contributed by atoms with Crippen LogP contribution in [0, 0.1) is 0 Å². The number of nitrogens with zero attached hydrogens (tertiary/aromatic N) is 1. The highest BCUT2D eigenvalue weighted by molar-refractivity contribution is 5.80. The van der Waals surface area contributed by atoms with E-state index in [1.807, 2.05) is 0 Å². The lowest BCUT2D eigenvalue weighted by atomic mass is 10.2. The van der Waals surface area contributed by atoms with E-state index in [1.54, 1.807) is 6.34 Å². The summed E-state index contributed by atoms with van der Waals surface area (Å²) >= 11 is 0. The van der Waals surface area contributed by atoms with E-state index in [1.165, 1.54) is 0 Å². The van der Waals surface area contributed by atoms with E-state index in [4.69, 9.17) is 5.11 Å². The standard InChI is InChI=1S/C9H15N3O3/c13-8(1-2-9(14)15)11-4-3-7-5-10-6-12-7/h6-7H,1-5H2,(H,10,12)(H,11,13)(H,14,15). The van der Waals surface area contributed by atoms with Gasteiger partial charge in [0, 0.05) is 19.0 Å². The van der Waals surface area contributed by atoms with Crippen molar-refractivity contribution < 1.29 is 14.7 Å². The molecule has 0 aromatic heterocycles. The van der Waals surface area contributed by atoms with E-state index in [-0.39, 0.29) is 18.7 Å². The monoisotopic (exact) mass is 213 g/mol.